The van der Waals surface area contributed by atoms with Crippen LogP contribution in [0, 0.1) is 0 Å². The summed E-state index contributed by atoms with van der Waals surface area (Å²) in [7, 11) is 0. The summed E-state index contributed by atoms with van der Waals surface area (Å²) in [6.45, 7) is 8.83. The largest absolute Gasteiger partial charge is 0.494 e. The highest BCUT2D eigenvalue weighted by Gasteiger charge is 2.41. The molecule has 62 heavy (non-hydrogen) atoms. The van der Waals surface area contributed by atoms with Gasteiger partial charge in [0, 0.05) is 11.1 Å². The Balaban J connectivity index is 0.000000186. The maximum absolute atomic E-state index is 13.5. The third kappa shape index (κ3) is 9.61. The van der Waals surface area contributed by atoms with Crippen molar-refractivity contribution in [3.63, 3.8) is 0 Å². The maximum Gasteiger partial charge on any atom is 0.361 e. The van der Waals surface area contributed by atoms with Crippen molar-refractivity contribution in [2.75, 3.05) is 37.3 Å². The number of nitrogens with zero attached hydrogens (tertiary/aromatic N) is 6. The molecule has 2 aliphatic heterocycles. The molecule has 0 saturated carbocycles. The lowest BCUT2D eigenvalue weighted by Crippen LogP contribution is -2.39. The number of benzene rings is 4. The molecular formula is C44H44N8O8S2. The zero-order chi connectivity index (χ0) is 43.6. The first kappa shape index (κ1) is 43.4. The molecule has 0 unspecified atom stereocenters. The number of ketones is 2. The number of aromatic nitrogens is 6. The standard InChI is InChI=1S/2C22H22N4O4S/c2*1-3-29-16-12-10-15(11-13-16)19(27)20-17(14-8-6-5-7-9-14)24-26-21(31-20)18(23-25-26)22(28)30-4-2/h2*5-13,17,20,24H,3-4H2,1-2H3/t17-,20+;17-,20-/m10/s1. The minimum absolute atomic E-state index is 0.0725. The minimum atomic E-state index is -0.566. The number of thioether (sulfide) groups is 2. The average Bonchev–Trinajstić information content (AvgIpc) is 3.93. The zero-order valence-electron chi connectivity index (χ0n) is 34.3. The summed E-state index contributed by atoms with van der Waals surface area (Å²) in [6, 6.07) is 32.7. The van der Waals surface area contributed by atoms with E-state index in [0.29, 0.717) is 45.9 Å². The first-order chi connectivity index (χ1) is 30.2. The Morgan fingerprint density at radius 2 is 0.903 bits per heavy atom. The fraction of sp³-hybridized carbons (Fsp3) is 0.273. The highest BCUT2D eigenvalue weighted by molar-refractivity contribution is 8.01. The molecule has 320 valence electrons. The van der Waals surface area contributed by atoms with Crippen molar-refractivity contribution in [1.82, 2.24) is 30.2 Å². The van der Waals surface area contributed by atoms with Crippen LogP contribution in [-0.4, -0.2) is 90.6 Å². The summed E-state index contributed by atoms with van der Waals surface area (Å²) in [4.78, 5) is 54.5. The first-order valence-corrected chi connectivity index (χ1v) is 21.8. The van der Waals surface area contributed by atoms with E-state index in [1.54, 1.807) is 62.4 Å². The Labute approximate surface area is 366 Å². The number of Topliss-reactive ketones (excluding diaryl/α,β-unsaturated/α-hetero) is 2. The number of rotatable bonds is 14. The number of fused-ring (bicyclic) bond motifs is 2. The predicted molar refractivity (Wildman–Crippen MR) is 232 cm³/mol. The van der Waals surface area contributed by atoms with E-state index in [1.165, 1.54) is 33.1 Å². The SMILES string of the molecule is CCOC(=O)c1nnn2c1S[C@H](C(=O)c1ccc(OCC)cc1)[C@@H](c1ccccc1)N2.CCOC(=O)c1nnn2c1S[C@H](C(=O)c1ccc(OCC)cc1)[C@H](c1ccccc1)N2. The number of carbonyl (C=O) groups is 4. The van der Waals surface area contributed by atoms with Crippen LogP contribution in [0.5, 0.6) is 11.5 Å². The number of esters is 2. The van der Waals surface area contributed by atoms with Crippen LogP contribution >= 0.6 is 23.5 Å². The molecule has 4 heterocycles. The van der Waals surface area contributed by atoms with Crippen molar-refractivity contribution in [2.24, 2.45) is 0 Å². The molecule has 4 aromatic carbocycles. The van der Waals surface area contributed by atoms with Crippen LogP contribution in [0.15, 0.2) is 119 Å². The van der Waals surface area contributed by atoms with Crippen LogP contribution < -0.4 is 20.3 Å². The Morgan fingerprint density at radius 1 is 0.532 bits per heavy atom. The monoisotopic (exact) mass is 876 g/mol. The van der Waals surface area contributed by atoms with Gasteiger partial charge in [0.2, 0.25) is 11.4 Å². The molecule has 16 nitrogen and oxygen atoms in total. The molecule has 0 aliphatic carbocycles. The van der Waals surface area contributed by atoms with Crippen molar-refractivity contribution < 1.29 is 38.1 Å². The minimum Gasteiger partial charge on any atom is -0.494 e. The third-order valence-electron chi connectivity index (χ3n) is 9.54. The Hall–Kier alpha value is -6.66. The van der Waals surface area contributed by atoms with Crippen LogP contribution in [0.1, 0.15) is 92.6 Å². The van der Waals surface area contributed by atoms with Gasteiger partial charge < -0.3 is 18.9 Å². The number of hydrogen-bond acceptors (Lipinski definition) is 16. The van der Waals surface area contributed by atoms with Crippen molar-refractivity contribution in [3.05, 3.63) is 143 Å². The predicted octanol–water partition coefficient (Wildman–Crippen LogP) is 6.99. The second-order valence-corrected chi connectivity index (χ2v) is 15.8. The molecule has 0 bridgehead atoms. The molecule has 2 aliphatic rings. The van der Waals surface area contributed by atoms with Crippen molar-refractivity contribution >= 4 is 47.0 Å². The lowest BCUT2D eigenvalue weighted by atomic mass is 9.97. The van der Waals surface area contributed by atoms with E-state index >= 15 is 0 Å². The maximum atomic E-state index is 13.5. The van der Waals surface area contributed by atoms with Crippen LogP contribution in [0.3, 0.4) is 0 Å². The van der Waals surface area contributed by atoms with Gasteiger partial charge in [-0.05, 0) is 97.8 Å². The fourth-order valence-corrected chi connectivity index (χ4v) is 9.20. The average molecular weight is 877 g/mol. The molecule has 0 radical (unpaired) electrons. The molecule has 0 fully saturated rings. The normalized spacial score (nSPS) is 17.4. The molecular weight excluding hydrogens is 833 g/mol. The number of hydrogen-bond donors (Lipinski definition) is 2. The third-order valence-corrected chi connectivity index (χ3v) is 12.2. The van der Waals surface area contributed by atoms with Crippen molar-refractivity contribution in [1.29, 1.82) is 0 Å². The molecule has 4 atom stereocenters. The molecule has 8 rings (SSSR count). The number of carbonyl (C=O) groups excluding carboxylic acids is 4. The van der Waals surface area contributed by atoms with Crippen LogP contribution in [0.25, 0.3) is 0 Å². The van der Waals surface area contributed by atoms with Crippen LogP contribution in [-0.2, 0) is 9.47 Å². The van der Waals surface area contributed by atoms with Gasteiger partial charge in [-0.1, -0.05) is 84.2 Å². The molecule has 2 aromatic heterocycles. The Morgan fingerprint density at radius 3 is 1.24 bits per heavy atom. The summed E-state index contributed by atoms with van der Waals surface area (Å²) in [5.74, 6) is 0.139. The lowest BCUT2D eigenvalue weighted by Gasteiger charge is -2.32. The summed E-state index contributed by atoms with van der Waals surface area (Å²) >= 11 is 2.52. The van der Waals surface area contributed by atoms with E-state index in [9.17, 15) is 19.2 Å². The molecule has 18 heteroatoms. The Bertz CT molecular complexity index is 2310. The van der Waals surface area contributed by atoms with Gasteiger partial charge in [-0.15, -0.1) is 10.2 Å². The highest BCUT2D eigenvalue weighted by atomic mass is 32.2. The first-order valence-electron chi connectivity index (χ1n) is 20.0. The van der Waals surface area contributed by atoms with Crippen molar-refractivity contribution in [3.8, 4) is 11.5 Å². The number of ether oxygens (including phenoxy) is 4. The van der Waals surface area contributed by atoms with E-state index in [1.807, 2.05) is 74.5 Å². The summed E-state index contributed by atoms with van der Waals surface area (Å²) in [6.07, 6.45) is 0. The molecule has 0 spiro atoms. The van der Waals surface area contributed by atoms with Crippen LogP contribution in [0.2, 0.25) is 0 Å². The smallest absolute Gasteiger partial charge is 0.361 e. The summed E-state index contributed by atoms with van der Waals surface area (Å²) in [5.41, 5.74) is 9.62. The van der Waals surface area contributed by atoms with Gasteiger partial charge in [0.15, 0.2) is 21.6 Å². The van der Waals surface area contributed by atoms with Gasteiger partial charge in [-0.2, -0.15) is 9.58 Å². The molecule has 2 N–H and O–H groups in total. The van der Waals surface area contributed by atoms with Gasteiger partial charge in [-0.3, -0.25) is 20.4 Å². The summed E-state index contributed by atoms with van der Waals surface area (Å²) < 4.78 is 21.1. The van der Waals surface area contributed by atoms with E-state index < -0.39 is 22.4 Å². The molecule has 0 amide bonds. The van der Waals surface area contributed by atoms with Gasteiger partial charge >= 0.3 is 11.9 Å². The van der Waals surface area contributed by atoms with E-state index in [4.69, 9.17) is 18.9 Å². The topological polar surface area (TPSA) is 191 Å². The van der Waals surface area contributed by atoms with E-state index in [0.717, 1.165) is 11.1 Å². The van der Waals surface area contributed by atoms with Gasteiger partial charge in [-0.25, -0.2) is 9.59 Å². The molecule has 6 aromatic rings. The van der Waals surface area contributed by atoms with E-state index in [-0.39, 0.29) is 48.3 Å². The van der Waals surface area contributed by atoms with E-state index in [2.05, 4.69) is 31.5 Å². The fourth-order valence-electron chi connectivity index (χ4n) is 6.68. The van der Waals surface area contributed by atoms with Crippen molar-refractivity contribution in [2.45, 2.75) is 60.3 Å². The second kappa shape index (κ2) is 20.3. The highest BCUT2D eigenvalue weighted by Crippen LogP contribution is 2.41. The Kier molecular flexibility index (Phi) is 14.2. The number of nitrogens with one attached hydrogen (secondary N) is 2. The van der Waals surface area contributed by atoms with Gasteiger partial charge in [0.05, 0.1) is 38.5 Å². The van der Waals surface area contributed by atoms with Crippen LogP contribution in [0.4, 0.5) is 0 Å². The zero-order valence-corrected chi connectivity index (χ0v) is 35.9. The second-order valence-electron chi connectivity index (χ2n) is 13.5. The lowest BCUT2D eigenvalue weighted by molar-refractivity contribution is 0.0505. The molecule has 0 saturated heterocycles. The quantitative estimate of drug-likeness (QED) is 0.0840. The van der Waals surface area contributed by atoms with Gasteiger partial charge in [0.25, 0.3) is 0 Å². The van der Waals surface area contributed by atoms with Gasteiger partial charge in [0.1, 0.15) is 22.0 Å². The summed E-state index contributed by atoms with van der Waals surface area (Å²) in [5, 5.41) is 15.8.